The van der Waals surface area contributed by atoms with Crippen LogP contribution in [0.4, 0.5) is 0 Å². The highest BCUT2D eigenvalue weighted by Gasteiger charge is 2.28. The van der Waals surface area contributed by atoms with E-state index in [2.05, 4.69) is 160 Å². The summed E-state index contributed by atoms with van der Waals surface area (Å²) >= 11 is 0. The molecule has 0 atom stereocenters. The van der Waals surface area contributed by atoms with Crippen LogP contribution < -0.4 is 11.5 Å². The van der Waals surface area contributed by atoms with E-state index >= 15 is 0 Å². The van der Waals surface area contributed by atoms with E-state index in [9.17, 15) is 0 Å². The summed E-state index contributed by atoms with van der Waals surface area (Å²) in [5, 5.41) is 26.3. The predicted octanol–water partition coefficient (Wildman–Crippen LogP) is 15.0. The first-order valence-corrected chi connectivity index (χ1v) is 20.1. The van der Waals surface area contributed by atoms with Gasteiger partial charge in [0, 0.05) is 16.6 Å². The molecule has 12 aromatic rings. The number of fused-ring (bicyclic) bond motifs is 13. The van der Waals surface area contributed by atoms with Gasteiger partial charge in [0.2, 0.25) is 0 Å². The molecular weight excluding hydrogens is 701 g/mol. The van der Waals surface area contributed by atoms with Gasteiger partial charge in [-0.15, -0.1) is 0 Å². The van der Waals surface area contributed by atoms with Crippen molar-refractivity contribution < 1.29 is 0 Å². The lowest BCUT2D eigenvalue weighted by Gasteiger charge is -2.17. The summed E-state index contributed by atoms with van der Waals surface area (Å²) in [4.78, 5) is 0. The molecular formula is C56H38N2. The van der Waals surface area contributed by atoms with Crippen LogP contribution in [0.3, 0.4) is 0 Å². The average Bonchev–Trinajstić information content (AvgIpc) is 3.90. The molecule has 2 nitrogen and oxygen atoms in total. The number of aryl methyl sites for hydroxylation is 1. The fraction of sp³-hybridized carbons (Fsp3) is 0.0357. The van der Waals surface area contributed by atoms with Crippen molar-refractivity contribution in [3.63, 3.8) is 0 Å². The zero-order chi connectivity index (χ0) is 39.0. The molecule has 0 aromatic heterocycles. The van der Waals surface area contributed by atoms with Gasteiger partial charge in [0.05, 0.1) is 0 Å². The van der Waals surface area contributed by atoms with Gasteiger partial charge in [-0.3, -0.25) is 0 Å². The summed E-state index contributed by atoms with van der Waals surface area (Å²) < 4.78 is 0. The van der Waals surface area contributed by atoms with E-state index in [1.807, 2.05) is 0 Å². The molecule has 0 bridgehead atoms. The standard InChI is InChI=1S/C52H31N.C4H7N/c1-3-4-16-43(53)52-50-38-15-9-14-31-29-12-7-8-13-30(29)42(45(31)38)25-41(50)26(2)44-39-23-21-36-34-19-17-32-27-10-5-6-11-28(27)33-18-20-35(47(34)46(32)33)37-22-24-40(51(44)52)49(39)48(36)37;1-2-3-4-5/h3-25H,53H2,1-2H3;2-4H,1,5H2/b4-3-,43-16-;4-3-. The molecule has 0 aliphatic heterocycles. The van der Waals surface area contributed by atoms with Crippen LogP contribution in [0, 0.1) is 6.92 Å². The Kier molecular flexibility index (Phi) is 6.67. The molecule has 1 aliphatic carbocycles. The second-order valence-electron chi connectivity index (χ2n) is 15.8. The minimum absolute atomic E-state index is 0.797. The molecule has 12 aromatic carbocycles. The summed E-state index contributed by atoms with van der Waals surface area (Å²) in [5.74, 6) is 0. The van der Waals surface area contributed by atoms with E-state index in [0.29, 0.717) is 0 Å². The monoisotopic (exact) mass is 738 g/mol. The summed E-state index contributed by atoms with van der Waals surface area (Å²) in [6.07, 6.45) is 11.0. The van der Waals surface area contributed by atoms with E-state index in [1.54, 1.807) is 12.2 Å². The number of allylic oxidation sites excluding steroid dienone is 5. The van der Waals surface area contributed by atoms with Crippen molar-refractivity contribution in [2.24, 2.45) is 11.5 Å². The largest absolute Gasteiger partial charge is 0.405 e. The zero-order valence-electron chi connectivity index (χ0n) is 32.4. The Balaban J connectivity index is 0.000000694. The summed E-state index contributed by atoms with van der Waals surface area (Å²) in [6, 6.07) is 46.1. The molecule has 58 heavy (non-hydrogen) atoms. The number of hydrogen-bond acceptors (Lipinski definition) is 2. The fourth-order valence-electron chi connectivity index (χ4n) is 11.0. The third-order valence-corrected chi connectivity index (χ3v) is 13.1. The van der Waals surface area contributed by atoms with Crippen molar-refractivity contribution >= 4 is 113 Å². The van der Waals surface area contributed by atoms with Crippen LogP contribution in [0.1, 0.15) is 18.1 Å². The number of rotatable bonds is 3. The Morgan fingerprint density at radius 3 is 1.57 bits per heavy atom. The lowest BCUT2D eigenvalue weighted by Crippen LogP contribution is -2.00. The highest BCUT2D eigenvalue weighted by Crippen LogP contribution is 2.55. The van der Waals surface area contributed by atoms with Gasteiger partial charge in [0.25, 0.3) is 0 Å². The van der Waals surface area contributed by atoms with Gasteiger partial charge >= 0.3 is 0 Å². The first-order chi connectivity index (χ1) is 28.5. The fourth-order valence-corrected chi connectivity index (χ4v) is 11.0. The van der Waals surface area contributed by atoms with Gasteiger partial charge < -0.3 is 11.5 Å². The van der Waals surface area contributed by atoms with Crippen molar-refractivity contribution in [2.75, 3.05) is 0 Å². The minimum Gasteiger partial charge on any atom is -0.405 e. The topological polar surface area (TPSA) is 52.0 Å². The first kappa shape index (κ1) is 32.8. The smallest absolute Gasteiger partial charge is 0.0400 e. The second kappa shape index (κ2) is 11.8. The Morgan fingerprint density at radius 1 is 0.448 bits per heavy atom. The molecule has 0 saturated carbocycles. The maximum Gasteiger partial charge on any atom is 0.0400 e. The van der Waals surface area contributed by atoms with Gasteiger partial charge in [0.15, 0.2) is 0 Å². The first-order valence-electron chi connectivity index (χ1n) is 20.1. The summed E-state index contributed by atoms with van der Waals surface area (Å²) in [7, 11) is 0. The van der Waals surface area contributed by atoms with E-state index < -0.39 is 0 Å². The van der Waals surface area contributed by atoms with Gasteiger partial charge in [0.1, 0.15) is 0 Å². The Morgan fingerprint density at radius 2 is 0.948 bits per heavy atom. The van der Waals surface area contributed by atoms with Crippen molar-refractivity contribution in [1.29, 1.82) is 0 Å². The molecule has 0 heterocycles. The quantitative estimate of drug-likeness (QED) is 0.108. The molecule has 1 aliphatic rings. The van der Waals surface area contributed by atoms with Crippen LogP contribution in [-0.2, 0) is 0 Å². The molecule has 272 valence electrons. The van der Waals surface area contributed by atoms with Gasteiger partial charge in [-0.05, 0) is 168 Å². The van der Waals surface area contributed by atoms with Crippen LogP contribution in [0.15, 0.2) is 164 Å². The molecule has 4 N–H and O–H groups in total. The highest BCUT2D eigenvalue weighted by atomic mass is 14.6. The van der Waals surface area contributed by atoms with Crippen molar-refractivity contribution in [3.8, 4) is 22.3 Å². The van der Waals surface area contributed by atoms with E-state index in [1.165, 1.54) is 142 Å². The Bertz CT molecular complexity index is 3760. The second-order valence-corrected chi connectivity index (χ2v) is 15.8. The minimum atomic E-state index is 0.797. The molecule has 0 fully saturated rings. The van der Waals surface area contributed by atoms with Crippen LogP contribution in [0.2, 0.25) is 0 Å². The number of benzene rings is 10. The SMILES string of the molecule is C/C=C\C=C(/N)c1c2c(cc3c4ccccc4c4cccc2c43)c(C)c2c3ccc4c5ccc6c7c(ccc(c8ccc(c12)c3c48)c75)-c1ccccc1-6.C=C/C=C\N. The highest BCUT2D eigenvalue weighted by molar-refractivity contribution is 6.46. The van der Waals surface area contributed by atoms with E-state index in [-0.39, 0.29) is 0 Å². The molecule has 0 amide bonds. The van der Waals surface area contributed by atoms with Crippen molar-refractivity contribution in [3.05, 3.63) is 176 Å². The Labute approximate surface area is 335 Å². The molecule has 0 spiro atoms. The zero-order valence-corrected chi connectivity index (χ0v) is 32.4. The maximum absolute atomic E-state index is 7.29. The van der Waals surface area contributed by atoms with Crippen molar-refractivity contribution in [1.82, 2.24) is 0 Å². The molecule has 0 saturated heterocycles. The van der Waals surface area contributed by atoms with Gasteiger partial charge in [-0.1, -0.05) is 140 Å². The number of hydrogen-bond donors (Lipinski definition) is 2. The van der Waals surface area contributed by atoms with Gasteiger partial charge in [-0.2, -0.15) is 0 Å². The van der Waals surface area contributed by atoms with Crippen LogP contribution in [0.25, 0.3) is 136 Å². The third kappa shape index (κ3) is 3.96. The van der Waals surface area contributed by atoms with Crippen LogP contribution in [0.5, 0.6) is 0 Å². The lowest BCUT2D eigenvalue weighted by atomic mass is 9.87. The van der Waals surface area contributed by atoms with E-state index in [4.69, 9.17) is 11.5 Å². The van der Waals surface area contributed by atoms with Gasteiger partial charge in [-0.25, -0.2) is 0 Å². The molecule has 2 heteroatoms. The third-order valence-electron chi connectivity index (χ3n) is 13.1. The van der Waals surface area contributed by atoms with Crippen molar-refractivity contribution in [2.45, 2.75) is 13.8 Å². The predicted molar refractivity (Wildman–Crippen MR) is 255 cm³/mol. The summed E-state index contributed by atoms with van der Waals surface area (Å²) in [5.41, 5.74) is 20.8. The molecule has 13 rings (SSSR count). The lowest BCUT2D eigenvalue weighted by molar-refractivity contribution is 1.57. The molecule has 0 unspecified atom stereocenters. The average molecular weight is 739 g/mol. The van der Waals surface area contributed by atoms with Crippen LogP contribution >= 0.6 is 0 Å². The maximum atomic E-state index is 7.29. The molecule has 0 radical (unpaired) electrons. The Hall–Kier alpha value is -7.42. The van der Waals surface area contributed by atoms with Crippen LogP contribution in [-0.4, -0.2) is 0 Å². The van der Waals surface area contributed by atoms with E-state index in [0.717, 1.165) is 11.3 Å². The normalized spacial score (nSPS) is 13.2. The summed E-state index contributed by atoms with van der Waals surface area (Å²) in [6.45, 7) is 7.77. The number of nitrogens with two attached hydrogens (primary N) is 2.